The summed E-state index contributed by atoms with van der Waals surface area (Å²) in [5.41, 5.74) is 0. The van der Waals surface area contributed by atoms with Crippen molar-refractivity contribution in [1.29, 1.82) is 0 Å². The molecule has 0 aliphatic carbocycles. The number of hydrogen-bond acceptors (Lipinski definition) is 4. The summed E-state index contributed by atoms with van der Waals surface area (Å²) in [6.07, 6.45) is 1.08. The summed E-state index contributed by atoms with van der Waals surface area (Å²) < 4.78 is 26.1. The number of hydrogen-bond donors (Lipinski definition) is 0. The van der Waals surface area contributed by atoms with Gasteiger partial charge >= 0.3 is 24.3 Å². The third-order valence-corrected chi connectivity index (χ3v) is 0. The molecule has 0 N–H and O–H groups in total. The third-order valence-electron chi connectivity index (χ3n) is 0. The summed E-state index contributed by atoms with van der Waals surface area (Å²) in [7, 11) is -1.86. The molecule has 0 aliphatic heterocycles. The molecule has 0 aromatic heterocycles. The molecule has 0 rings (SSSR count). The normalized spacial score (nSPS) is 6.67. The second-order valence-electron chi connectivity index (χ2n) is 0.401. The first-order valence-electron chi connectivity index (χ1n) is 0.865. The van der Waals surface area contributed by atoms with E-state index in [1.54, 1.807) is 21.0 Å². The van der Waals surface area contributed by atoms with E-state index in [-0.39, 0.29) is 0 Å². The Labute approximate surface area is 49.9 Å². The van der Waals surface area contributed by atoms with Crippen LogP contribution in [0.15, 0.2) is 0 Å². The van der Waals surface area contributed by atoms with E-state index >= 15 is 0 Å². The second-order valence-corrected chi connectivity index (χ2v) is 1.20. The molecule has 3 nitrogen and oxygen atoms in total. The van der Waals surface area contributed by atoms with Crippen molar-refractivity contribution in [2.75, 3.05) is 6.26 Å². The molecule has 0 heterocycles. The fourth-order valence-corrected chi connectivity index (χ4v) is 0. The van der Waals surface area contributed by atoms with Crippen LogP contribution in [0.2, 0.25) is 0 Å². The zero-order valence-electron chi connectivity index (χ0n) is 2.93. The molecule has 6 heavy (non-hydrogen) atoms. The molecule has 0 unspecified atom stereocenters. The zero-order valence-corrected chi connectivity index (χ0v) is 5.23. The average molecular weight is 203 g/mol. The van der Waals surface area contributed by atoms with Crippen LogP contribution in [0, 0.1) is 0 Å². The minimum absolute atomic E-state index is 1.08. The van der Waals surface area contributed by atoms with Crippen molar-refractivity contribution in [2.24, 2.45) is 0 Å². The van der Waals surface area contributed by atoms with Gasteiger partial charge in [-0.2, -0.15) is 0 Å². The quantitative estimate of drug-likeness (QED) is 0.404. The topological polar surface area (TPSA) is 51.2 Å². The summed E-state index contributed by atoms with van der Waals surface area (Å²) in [5.74, 6) is 0. The van der Waals surface area contributed by atoms with E-state index in [0.717, 1.165) is 6.26 Å². The molecule has 0 radical (unpaired) electrons. The molecule has 0 fully saturated rings. The van der Waals surface area contributed by atoms with Crippen LogP contribution in [0.1, 0.15) is 0 Å². The Hall–Kier alpha value is 0.490. The van der Waals surface area contributed by atoms with Gasteiger partial charge in [-0.25, -0.2) is 0 Å². The van der Waals surface area contributed by atoms with E-state index in [4.69, 9.17) is 11.7 Å². The van der Waals surface area contributed by atoms with Crippen molar-refractivity contribution in [2.45, 2.75) is 0 Å². The van der Waals surface area contributed by atoms with Gasteiger partial charge in [-0.1, -0.05) is 17.0 Å². The monoisotopic (exact) mass is 202 g/mol. The molecule has 0 atom stereocenters. The molecule has 0 saturated carbocycles. The molecule has 0 amide bonds. The van der Waals surface area contributed by atoms with Gasteiger partial charge in [0.15, 0.2) is 0 Å². The molecule has 0 aliphatic rings. The summed E-state index contributed by atoms with van der Waals surface area (Å²) in [6.45, 7) is 0. The van der Waals surface area contributed by atoms with E-state index in [1.807, 2.05) is 0 Å². The van der Waals surface area contributed by atoms with Gasteiger partial charge in [-0.05, 0) is 0 Å². The molecule has 0 aromatic carbocycles. The molecular weight excluding hydrogens is 200 g/mol. The molecule has 0 saturated heterocycles. The van der Waals surface area contributed by atoms with Crippen LogP contribution in [-0.2, 0) is 43.4 Å². The van der Waals surface area contributed by atoms with Gasteiger partial charge in [0.1, 0.15) is 0 Å². The van der Waals surface area contributed by atoms with Gasteiger partial charge in [-0.3, -0.25) is 0 Å². The Morgan fingerprint density at radius 1 is 1.33 bits per heavy atom. The maximum atomic E-state index is 9.00. The van der Waals surface area contributed by atoms with Crippen LogP contribution in [0.4, 0.5) is 0 Å². The zero-order chi connectivity index (χ0) is 5.58. The van der Waals surface area contributed by atoms with Crippen molar-refractivity contribution in [3.63, 3.8) is 0 Å². The Balaban J connectivity index is 0. The van der Waals surface area contributed by atoms with E-state index in [2.05, 4.69) is 0 Å². The van der Waals surface area contributed by atoms with E-state index in [0.29, 0.717) is 0 Å². The van der Waals surface area contributed by atoms with Crippen LogP contribution in [0.25, 0.3) is 0 Å². The first-order chi connectivity index (χ1) is 2.73. The van der Waals surface area contributed by atoms with Crippen molar-refractivity contribution in [3.8, 4) is 0 Å². The minimum atomic E-state index is -1.86. The predicted molar refractivity (Wildman–Crippen MR) is 15.3 cm³/mol. The molecule has 0 spiro atoms. The van der Waals surface area contributed by atoms with Crippen LogP contribution < -0.4 is 0 Å². The standard InChI is InChI=1S/CH3O2S.Ag.O/c1-4(2)3;;/h1H3;;/q-1;;. The van der Waals surface area contributed by atoms with Gasteiger partial charge in [-0.15, -0.1) is 0 Å². The Morgan fingerprint density at radius 2 is 1.33 bits per heavy atom. The summed E-state index contributed by atoms with van der Waals surface area (Å²) >= 11 is 1.70. The third kappa shape index (κ3) is 228. The van der Waals surface area contributed by atoms with Crippen molar-refractivity contribution < 1.29 is 32.7 Å². The van der Waals surface area contributed by atoms with Crippen LogP contribution in [0.3, 0.4) is 0 Å². The van der Waals surface area contributed by atoms with Gasteiger partial charge in [0.2, 0.25) is 0 Å². The van der Waals surface area contributed by atoms with Gasteiger partial charge in [0.05, 0.1) is 0 Å². The average Bonchev–Trinajstić information content (AvgIpc) is 1.41. The molecule has 0 bridgehead atoms. The van der Waals surface area contributed by atoms with Crippen molar-refractivity contribution in [3.05, 3.63) is 0 Å². The molecule has 5 heteroatoms. The molecule has 0 aromatic rings. The summed E-state index contributed by atoms with van der Waals surface area (Å²) in [4.78, 5) is 0. The van der Waals surface area contributed by atoms with E-state index in [9.17, 15) is 0 Å². The van der Waals surface area contributed by atoms with Gasteiger partial charge in [0, 0.05) is 0 Å². The van der Waals surface area contributed by atoms with Crippen molar-refractivity contribution >= 4 is 10.7 Å². The predicted octanol–water partition coefficient (Wildman–Crippen LogP) is -0.196. The van der Waals surface area contributed by atoms with Crippen LogP contribution in [0.5, 0.6) is 0 Å². The molecule has 43 valence electrons. The van der Waals surface area contributed by atoms with Crippen molar-refractivity contribution in [1.82, 2.24) is 0 Å². The van der Waals surface area contributed by atoms with Crippen LogP contribution >= 0.6 is 0 Å². The first-order valence-corrected chi connectivity index (χ1v) is 2.95. The fraction of sp³-hybridized carbons (Fsp3) is 1.00. The van der Waals surface area contributed by atoms with E-state index in [1.165, 1.54) is 0 Å². The fourth-order valence-electron chi connectivity index (χ4n) is 0. The SMILES string of the molecule is C[S-](=O)=O.[O]=[Ag]. The summed E-state index contributed by atoms with van der Waals surface area (Å²) in [5, 5.41) is 0. The maximum absolute atomic E-state index is 9.00. The van der Waals surface area contributed by atoms with Gasteiger partial charge < -0.3 is 8.42 Å². The molecular formula is CH3AgO3S-. The summed E-state index contributed by atoms with van der Waals surface area (Å²) in [6, 6.07) is 0. The Kier molecular flexibility index (Phi) is 14.7. The second kappa shape index (κ2) is 9.09. The van der Waals surface area contributed by atoms with E-state index < -0.39 is 10.7 Å². The Bertz CT molecular complexity index is 68.9. The van der Waals surface area contributed by atoms with Gasteiger partial charge in [0.25, 0.3) is 0 Å². The number of rotatable bonds is 0. The first kappa shape index (κ1) is 9.70. The Morgan fingerprint density at radius 3 is 1.33 bits per heavy atom. The van der Waals surface area contributed by atoms with Crippen LogP contribution in [-0.4, -0.2) is 6.26 Å².